The molecule has 0 heterocycles. The van der Waals surface area contributed by atoms with Crippen LogP contribution in [-0.4, -0.2) is 47.3 Å². The van der Waals surface area contributed by atoms with Crippen molar-refractivity contribution < 1.29 is 15.0 Å². The number of aliphatic hydroxyl groups excluding tert-OH is 1. The van der Waals surface area contributed by atoms with Crippen LogP contribution in [-0.2, 0) is 4.79 Å². The highest BCUT2D eigenvalue weighted by molar-refractivity contribution is 5.73. The minimum atomic E-state index is -0.796. The maximum absolute atomic E-state index is 10.7. The Morgan fingerprint density at radius 3 is 2.38 bits per heavy atom. The molecule has 0 saturated heterocycles. The van der Waals surface area contributed by atoms with E-state index in [9.17, 15) is 4.79 Å². The molecular formula is C9H19NO3. The van der Waals surface area contributed by atoms with Gasteiger partial charge in [0.1, 0.15) is 6.04 Å². The van der Waals surface area contributed by atoms with Crippen molar-refractivity contribution in [1.29, 1.82) is 0 Å². The lowest BCUT2D eigenvalue weighted by Gasteiger charge is -2.25. The second-order valence-corrected chi connectivity index (χ2v) is 3.49. The Balaban J connectivity index is 4.05. The fraction of sp³-hybridized carbons (Fsp3) is 0.889. The average molecular weight is 189 g/mol. The van der Waals surface area contributed by atoms with Gasteiger partial charge in [0.25, 0.3) is 0 Å². The van der Waals surface area contributed by atoms with Crippen LogP contribution in [0.25, 0.3) is 0 Å². The van der Waals surface area contributed by atoms with Gasteiger partial charge in [-0.3, -0.25) is 9.69 Å². The maximum Gasteiger partial charge on any atom is 0.320 e. The Kier molecular flexibility index (Phi) is 5.66. The van der Waals surface area contributed by atoms with Crippen molar-refractivity contribution in [3.05, 3.63) is 0 Å². The topological polar surface area (TPSA) is 60.8 Å². The van der Waals surface area contributed by atoms with Crippen LogP contribution in [0.4, 0.5) is 0 Å². The molecule has 2 N–H and O–H groups in total. The monoisotopic (exact) mass is 189 g/mol. The second-order valence-electron chi connectivity index (χ2n) is 3.49. The van der Waals surface area contributed by atoms with Crippen LogP contribution in [0.3, 0.4) is 0 Å². The van der Waals surface area contributed by atoms with Crippen LogP contribution in [0.15, 0.2) is 0 Å². The molecule has 0 bridgehead atoms. The highest BCUT2D eigenvalue weighted by Crippen LogP contribution is 2.05. The fourth-order valence-electron chi connectivity index (χ4n) is 1.35. The molecule has 0 saturated carbocycles. The predicted octanol–water partition coefficient (Wildman–Crippen LogP) is 0.410. The lowest BCUT2D eigenvalue weighted by atomic mass is 10.1. The Morgan fingerprint density at radius 2 is 2.08 bits per heavy atom. The van der Waals surface area contributed by atoms with Crippen molar-refractivity contribution in [2.24, 2.45) is 5.92 Å². The van der Waals surface area contributed by atoms with E-state index < -0.39 is 12.0 Å². The summed E-state index contributed by atoms with van der Waals surface area (Å²) < 4.78 is 0. The summed E-state index contributed by atoms with van der Waals surface area (Å²) in [5.41, 5.74) is 0. The first-order valence-corrected chi connectivity index (χ1v) is 4.56. The van der Waals surface area contributed by atoms with Gasteiger partial charge < -0.3 is 10.2 Å². The van der Waals surface area contributed by atoms with Gasteiger partial charge in [-0.1, -0.05) is 13.8 Å². The van der Waals surface area contributed by atoms with Crippen LogP contribution in [0, 0.1) is 5.92 Å². The van der Waals surface area contributed by atoms with Crippen molar-refractivity contribution in [3.8, 4) is 0 Å². The third-order valence-corrected chi connectivity index (χ3v) is 2.12. The van der Waals surface area contributed by atoms with Crippen LogP contribution < -0.4 is 0 Å². The minimum absolute atomic E-state index is 0.0976. The van der Waals surface area contributed by atoms with Gasteiger partial charge in [-0.2, -0.15) is 0 Å². The van der Waals surface area contributed by atoms with Gasteiger partial charge in [-0.25, -0.2) is 0 Å². The van der Waals surface area contributed by atoms with Crippen molar-refractivity contribution in [2.75, 3.05) is 20.2 Å². The molecule has 0 radical (unpaired) electrons. The Labute approximate surface area is 79.2 Å². The van der Waals surface area contributed by atoms with Crippen molar-refractivity contribution in [1.82, 2.24) is 4.90 Å². The second kappa shape index (κ2) is 5.94. The standard InChI is InChI=1S/C9H19NO3/c1-4-8(9(12)13)10(3)5-7(2)6-11/h7-8,11H,4-6H2,1-3H3,(H,12,13). The number of aliphatic carboxylic acids is 1. The molecule has 0 aromatic rings. The molecule has 0 aliphatic heterocycles. The minimum Gasteiger partial charge on any atom is -0.480 e. The maximum atomic E-state index is 10.7. The van der Waals surface area contributed by atoms with Gasteiger partial charge in [0.2, 0.25) is 0 Å². The van der Waals surface area contributed by atoms with E-state index in [1.54, 1.807) is 11.9 Å². The molecule has 2 unspecified atom stereocenters. The molecule has 0 aliphatic carbocycles. The van der Waals surface area contributed by atoms with E-state index in [2.05, 4.69) is 0 Å². The summed E-state index contributed by atoms with van der Waals surface area (Å²) in [4.78, 5) is 12.5. The highest BCUT2D eigenvalue weighted by Gasteiger charge is 2.21. The molecule has 4 nitrogen and oxygen atoms in total. The summed E-state index contributed by atoms with van der Waals surface area (Å²) in [5.74, 6) is -0.673. The predicted molar refractivity (Wildman–Crippen MR) is 50.6 cm³/mol. The number of hydrogen-bond acceptors (Lipinski definition) is 3. The summed E-state index contributed by atoms with van der Waals surface area (Å²) >= 11 is 0. The van der Waals surface area contributed by atoms with Gasteiger partial charge in [0.15, 0.2) is 0 Å². The van der Waals surface area contributed by atoms with E-state index in [0.29, 0.717) is 13.0 Å². The van der Waals surface area contributed by atoms with Gasteiger partial charge in [-0.05, 0) is 19.4 Å². The molecule has 0 fully saturated rings. The molecule has 0 aliphatic rings. The number of aliphatic hydroxyl groups is 1. The largest absolute Gasteiger partial charge is 0.480 e. The SMILES string of the molecule is CCC(C(=O)O)N(C)CC(C)CO. The quantitative estimate of drug-likeness (QED) is 0.635. The Bertz CT molecular complexity index is 161. The number of nitrogens with zero attached hydrogens (tertiary/aromatic N) is 1. The summed E-state index contributed by atoms with van der Waals surface area (Å²) in [7, 11) is 1.77. The summed E-state index contributed by atoms with van der Waals surface area (Å²) in [6, 6.07) is -0.436. The van der Waals surface area contributed by atoms with E-state index in [4.69, 9.17) is 10.2 Å². The van der Waals surface area contributed by atoms with Gasteiger partial charge in [0.05, 0.1) is 0 Å². The number of rotatable bonds is 6. The van der Waals surface area contributed by atoms with Crippen molar-refractivity contribution in [3.63, 3.8) is 0 Å². The van der Waals surface area contributed by atoms with Gasteiger partial charge in [-0.15, -0.1) is 0 Å². The smallest absolute Gasteiger partial charge is 0.320 e. The van der Waals surface area contributed by atoms with Gasteiger partial charge >= 0.3 is 5.97 Å². The third-order valence-electron chi connectivity index (χ3n) is 2.12. The molecule has 13 heavy (non-hydrogen) atoms. The molecule has 0 aromatic carbocycles. The first-order chi connectivity index (χ1) is 6.02. The van der Waals surface area contributed by atoms with E-state index in [1.807, 2.05) is 13.8 Å². The van der Waals surface area contributed by atoms with E-state index in [1.165, 1.54) is 0 Å². The van der Waals surface area contributed by atoms with Crippen LogP contribution in [0.5, 0.6) is 0 Å². The first-order valence-electron chi connectivity index (χ1n) is 4.56. The molecule has 0 aromatic heterocycles. The van der Waals surface area contributed by atoms with Gasteiger partial charge in [0, 0.05) is 13.2 Å². The molecule has 0 amide bonds. The number of carboxylic acid groups (broad SMARTS) is 1. The molecule has 0 spiro atoms. The molecular weight excluding hydrogens is 170 g/mol. The summed E-state index contributed by atoms with van der Waals surface area (Å²) in [5, 5.41) is 17.6. The molecule has 2 atom stereocenters. The molecule has 78 valence electrons. The fourth-order valence-corrected chi connectivity index (χ4v) is 1.35. The lowest BCUT2D eigenvalue weighted by Crippen LogP contribution is -2.40. The number of carbonyl (C=O) groups is 1. The average Bonchev–Trinajstić information content (AvgIpc) is 2.04. The van der Waals surface area contributed by atoms with E-state index in [0.717, 1.165) is 0 Å². The van der Waals surface area contributed by atoms with Crippen molar-refractivity contribution >= 4 is 5.97 Å². The van der Waals surface area contributed by atoms with E-state index >= 15 is 0 Å². The summed E-state index contributed by atoms with van der Waals surface area (Å²) in [6.07, 6.45) is 0.587. The zero-order valence-corrected chi connectivity index (χ0v) is 8.53. The van der Waals surface area contributed by atoms with Crippen LogP contribution in [0.2, 0.25) is 0 Å². The molecule has 0 rings (SSSR count). The summed E-state index contributed by atoms with van der Waals surface area (Å²) in [6.45, 7) is 4.45. The zero-order valence-electron chi connectivity index (χ0n) is 8.53. The number of hydrogen-bond donors (Lipinski definition) is 2. The van der Waals surface area contributed by atoms with Crippen LogP contribution >= 0.6 is 0 Å². The Hall–Kier alpha value is -0.610. The van der Waals surface area contributed by atoms with E-state index in [-0.39, 0.29) is 12.5 Å². The van der Waals surface area contributed by atoms with Crippen LogP contribution in [0.1, 0.15) is 20.3 Å². The highest BCUT2D eigenvalue weighted by atomic mass is 16.4. The Morgan fingerprint density at radius 1 is 1.54 bits per heavy atom. The van der Waals surface area contributed by atoms with Crippen molar-refractivity contribution in [2.45, 2.75) is 26.3 Å². The number of carboxylic acids is 1. The third kappa shape index (κ3) is 4.24. The lowest BCUT2D eigenvalue weighted by molar-refractivity contribution is -0.143. The zero-order chi connectivity index (χ0) is 10.4. The first kappa shape index (κ1) is 12.4. The normalized spacial score (nSPS) is 15.8. The number of likely N-dealkylation sites (N-methyl/N-ethyl adjacent to an activating group) is 1. The molecule has 4 heteroatoms.